The van der Waals surface area contributed by atoms with E-state index in [0.717, 1.165) is 18.4 Å². The molecule has 4 aromatic heterocycles. The number of ketones is 1. The summed E-state index contributed by atoms with van der Waals surface area (Å²) in [5, 5.41) is 13.8. The van der Waals surface area contributed by atoms with Crippen molar-refractivity contribution in [1.29, 1.82) is 0 Å². The number of rotatable bonds is 6. The van der Waals surface area contributed by atoms with Crippen molar-refractivity contribution in [3.63, 3.8) is 0 Å². The minimum atomic E-state index is -0.991. The number of anilines is 2. The first kappa shape index (κ1) is 27.7. The van der Waals surface area contributed by atoms with Gasteiger partial charge >= 0.3 is 0 Å². The number of nitrogens with one attached hydrogen (secondary N) is 1. The number of fused-ring (bicyclic) bond motifs is 2. The van der Waals surface area contributed by atoms with Gasteiger partial charge in [-0.3, -0.25) is 19.0 Å². The van der Waals surface area contributed by atoms with Crippen LogP contribution in [-0.2, 0) is 13.0 Å². The van der Waals surface area contributed by atoms with Gasteiger partial charge < -0.3 is 20.7 Å². The van der Waals surface area contributed by atoms with Crippen molar-refractivity contribution in [2.24, 2.45) is 5.41 Å². The molecular weight excluding hydrogens is 558 g/mol. The first-order valence-electron chi connectivity index (χ1n) is 14.5. The normalized spacial score (nSPS) is 15.4. The summed E-state index contributed by atoms with van der Waals surface area (Å²) in [5.74, 6) is -0.172. The maximum absolute atomic E-state index is 13.8. The van der Waals surface area contributed by atoms with E-state index in [-0.39, 0.29) is 29.1 Å². The van der Waals surface area contributed by atoms with E-state index in [9.17, 15) is 19.5 Å². The molecule has 1 saturated carbocycles. The predicted molar refractivity (Wildman–Crippen MR) is 166 cm³/mol. The number of aromatic nitrogens is 5. The van der Waals surface area contributed by atoms with E-state index in [2.05, 4.69) is 20.3 Å². The number of nitrogens with zero attached hydrogens (tertiary/aromatic N) is 5. The molecule has 222 valence electrons. The number of carbonyl (C=O) groups is 2. The summed E-state index contributed by atoms with van der Waals surface area (Å²) in [6, 6.07) is 14.0. The number of carbonyl (C=O) groups excluding carboxylic acids is 2. The number of pyridine rings is 2. The molecule has 1 aromatic carbocycles. The molecule has 0 aliphatic heterocycles. The summed E-state index contributed by atoms with van der Waals surface area (Å²) in [6.45, 7) is 3.70. The molecule has 2 aliphatic rings. The van der Waals surface area contributed by atoms with Gasteiger partial charge in [0.1, 0.15) is 29.2 Å². The largest absolute Gasteiger partial charge is 0.389 e. The maximum atomic E-state index is 13.8. The highest BCUT2D eigenvalue weighted by molar-refractivity contribution is 6.07. The van der Waals surface area contributed by atoms with Crippen molar-refractivity contribution < 1.29 is 14.7 Å². The fourth-order valence-electron chi connectivity index (χ4n) is 6.18. The molecule has 1 spiro atoms. The number of nitrogens with two attached hydrogens (primary N) is 1. The topological polar surface area (TPSA) is 158 Å². The summed E-state index contributed by atoms with van der Waals surface area (Å²) in [4.78, 5) is 53.5. The molecule has 0 unspecified atom stereocenters. The fraction of sp³-hybridized carbons (Fsp3) is 0.273. The molecule has 0 saturated heterocycles. The highest BCUT2D eigenvalue weighted by Gasteiger charge is 2.49. The molecule has 0 bridgehead atoms. The lowest BCUT2D eigenvalue weighted by Crippen LogP contribution is -2.35. The fourth-order valence-corrected chi connectivity index (χ4v) is 6.18. The zero-order valence-electron chi connectivity index (χ0n) is 24.4. The van der Waals surface area contributed by atoms with Gasteiger partial charge in [-0.15, -0.1) is 0 Å². The molecule has 11 heteroatoms. The van der Waals surface area contributed by atoms with Gasteiger partial charge in [-0.2, -0.15) is 0 Å². The lowest BCUT2D eigenvalue weighted by molar-refractivity contribution is 0.0627. The average Bonchev–Trinajstić information content (AvgIpc) is 3.62. The van der Waals surface area contributed by atoms with Gasteiger partial charge in [0.05, 0.1) is 17.5 Å². The van der Waals surface area contributed by atoms with E-state index >= 15 is 0 Å². The first-order valence-corrected chi connectivity index (χ1v) is 14.5. The Morgan fingerprint density at radius 3 is 2.50 bits per heavy atom. The minimum absolute atomic E-state index is 0.0445. The molecule has 44 heavy (non-hydrogen) atoms. The third kappa shape index (κ3) is 4.84. The third-order valence-corrected chi connectivity index (χ3v) is 8.45. The number of Topliss-reactive ketones (excluding diaryl/α,β-unsaturated/α-hetero) is 1. The number of nitrogen functional groups attached to an aromatic ring is 1. The standard InChI is InChI=1S/C33H31N7O4/c1-32(2,44)17-39-16-23(27-28(34)36-18-37-29(27)39)19-8-9-26(35-15-19)38-30(42)22-12-21-24(13-33(10-11-33)14-25(21)41)40(31(22)43)20-6-4-3-5-7-20/h3-9,12,15-16,18,44H,10-11,13-14,17H2,1-2H3,(H2,34,36,37)(H,35,38,42). The molecule has 2 aliphatic carbocycles. The van der Waals surface area contributed by atoms with Crippen molar-refractivity contribution in [1.82, 2.24) is 24.1 Å². The third-order valence-electron chi connectivity index (χ3n) is 8.45. The van der Waals surface area contributed by atoms with Crippen molar-refractivity contribution >= 4 is 34.4 Å². The van der Waals surface area contributed by atoms with Crippen LogP contribution in [0.25, 0.3) is 27.8 Å². The molecule has 0 atom stereocenters. The van der Waals surface area contributed by atoms with Gasteiger partial charge in [-0.05, 0) is 68.9 Å². The smallest absolute Gasteiger partial charge is 0.268 e. The van der Waals surface area contributed by atoms with Crippen molar-refractivity contribution in [2.45, 2.75) is 51.7 Å². The van der Waals surface area contributed by atoms with E-state index in [0.29, 0.717) is 52.2 Å². The summed E-state index contributed by atoms with van der Waals surface area (Å²) < 4.78 is 3.34. The monoisotopic (exact) mass is 589 g/mol. The average molecular weight is 590 g/mol. The van der Waals surface area contributed by atoms with Crippen LogP contribution in [0.1, 0.15) is 59.5 Å². The zero-order chi connectivity index (χ0) is 30.8. The number of amides is 1. The number of benzene rings is 1. The van der Waals surface area contributed by atoms with E-state index in [1.54, 1.807) is 44.3 Å². The predicted octanol–water partition coefficient (Wildman–Crippen LogP) is 4.16. The first-order chi connectivity index (χ1) is 21.0. The van der Waals surface area contributed by atoms with Crippen LogP contribution in [0.2, 0.25) is 0 Å². The summed E-state index contributed by atoms with van der Waals surface area (Å²) in [7, 11) is 0. The van der Waals surface area contributed by atoms with E-state index < -0.39 is 17.1 Å². The Morgan fingerprint density at radius 1 is 1.05 bits per heavy atom. The van der Waals surface area contributed by atoms with Crippen LogP contribution >= 0.6 is 0 Å². The molecule has 1 fully saturated rings. The second kappa shape index (κ2) is 9.95. The van der Waals surface area contributed by atoms with Crippen LogP contribution in [0.3, 0.4) is 0 Å². The second-order valence-corrected chi connectivity index (χ2v) is 12.5. The van der Waals surface area contributed by atoms with Gasteiger partial charge in [-0.1, -0.05) is 18.2 Å². The molecular formula is C33H31N7O4. The van der Waals surface area contributed by atoms with Crippen LogP contribution in [0.4, 0.5) is 11.6 Å². The SMILES string of the molecule is CC(C)(O)Cn1cc(-c2ccc(NC(=O)c3cc4c(n(-c5ccccc5)c3=O)CC3(CC3)CC4=O)nc2)c2c(N)ncnc21. The lowest BCUT2D eigenvalue weighted by atomic mass is 9.82. The Hall–Kier alpha value is -5.16. The summed E-state index contributed by atoms with van der Waals surface area (Å²) in [5.41, 5.74) is 8.25. The van der Waals surface area contributed by atoms with Crippen molar-refractivity contribution in [3.8, 4) is 16.8 Å². The van der Waals surface area contributed by atoms with E-state index in [4.69, 9.17) is 5.73 Å². The van der Waals surface area contributed by atoms with Crippen LogP contribution in [0.15, 0.2) is 72.0 Å². The van der Waals surface area contributed by atoms with E-state index in [1.165, 1.54) is 17.0 Å². The molecule has 5 aromatic rings. The molecule has 7 rings (SSSR count). The maximum Gasteiger partial charge on any atom is 0.268 e. The van der Waals surface area contributed by atoms with Crippen LogP contribution in [-0.4, -0.2) is 46.5 Å². The second-order valence-electron chi connectivity index (χ2n) is 12.5. The molecule has 0 radical (unpaired) electrons. The van der Waals surface area contributed by atoms with Gasteiger partial charge in [0.25, 0.3) is 11.5 Å². The Kier molecular flexibility index (Phi) is 6.26. The summed E-state index contributed by atoms with van der Waals surface area (Å²) in [6.07, 6.45) is 7.78. The quantitative estimate of drug-likeness (QED) is 0.266. The minimum Gasteiger partial charge on any atom is -0.389 e. The van der Waals surface area contributed by atoms with Crippen LogP contribution in [0.5, 0.6) is 0 Å². The number of hydrogen-bond acceptors (Lipinski definition) is 8. The molecule has 11 nitrogen and oxygen atoms in total. The highest BCUT2D eigenvalue weighted by atomic mass is 16.3. The summed E-state index contributed by atoms with van der Waals surface area (Å²) >= 11 is 0. The molecule has 1 amide bonds. The Morgan fingerprint density at radius 2 is 1.82 bits per heavy atom. The van der Waals surface area contributed by atoms with Gasteiger partial charge in [-0.25, -0.2) is 15.0 Å². The number of aliphatic hydroxyl groups is 1. The van der Waals surface area contributed by atoms with Crippen molar-refractivity contribution in [3.05, 3.63) is 94.4 Å². The molecule has 4 heterocycles. The van der Waals surface area contributed by atoms with Crippen LogP contribution in [0, 0.1) is 5.41 Å². The van der Waals surface area contributed by atoms with Gasteiger partial charge in [0.2, 0.25) is 0 Å². The Labute approximate surface area is 252 Å². The highest BCUT2D eigenvalue weighted by Crippen LogP contribution is 2.54. The van der Waals surface area contributed by atoms with Gasteiger partial charge in [0.15, 0.2) is 5.78 Å². The number of para-hydroxylation sites is 1. The zero-order valence-corrected chi connectivity index (χ0v) is 24.4. The Balaban J connectivity index is 1.23. The number of hydrogen-bond donors (Lipinski definition) is 3. The van der Waals surface area contributed by atoms with Gasteiger partial charge in [0, 0.05) is 46.9 Å². The van der Waals surface area contributed by atoms with Crippen LogP contribution < -0.4 is 16.6 Å². The Bertz CT molecular complexity index is 2020. The van der Waals surface area contributed by atoms with E-state index in [1.807, 2.05) is 29.0 Å². The lowest BCUT2D eigenvalue weighted by Gasteiger charge is -2.27. The van der Waals surface area contributed by atoms with Crippen molar-refractivity contribution in [2.75, 3.05) is 11.1 Å². The molecule has 4 N–H and O–H groups in total.